The van der Waals surface area contributed by atoms with Crippen molar-refractivity contribution in [1.82, 2.24) is 5.32 Å². The summed E-state index contributed by atoms with van der Waals surface area (Å²) in [5.41, 5.74) is 0.422. The number of anilines is 1. The van der Waals surface area contributed by atoms with E-state index in [2.05, 4.69) is 10.0 Å². The van der Waals surface area contributed by atoms with Gasteiger partial charge in [-0.3, -0.25) is 9.52 Å². The van der Waals surface area contributed by atoms with Crippen LogP contribution in [0.4, 0.5) is 5.69 Å². The molecule has 0 unspecified atom stereocenters. The molecule has 0 bridgehead atoms. The van der Waals surface area contributed by atoms with E-state index in [1.54, 1.807) is 0 Å². The Labute approximate surface area is 118 Å². The Morgan fingerprint density at radius 3 is 2.58 bits per heavy atom. The maximum absolute atomic E-state index is 12.1. The second kappa shape index (κ2) is 6.25. The Balaban J connectivity index is 3.10. The Morgan fingerprint density at radius 1 is 1.42 bits per heavy atom. The summed E-state index contributed by atoms with van der Waals surface area (Å²) in [4.78, 5) is 12.1. The van der Waals surface area contributed by atoms with E-state index in [9.17, 15) is 13.2 Å². The molecule has 0 saturated heterocycles. The molecule has 7 heteroatoms. The van der Waals surface area contributed by atoms with Crippen molar-refractivity contribution in [3.63, 3.8) is 0 Å². The number of carbonyl (C=O) groups excluding carboxylic acids is 1. The predicted octanol–water partition coefficient (Wildman–Crippen LogP) is 2.24. The smallest absolute Gasteiger partial charge is 0.253 e. The number of rotatable bonds is 5. The quantitative estimate of drug-likeness (QED) is 0.876. The van der Waals surface area contributed by atoms with Crippen LogP contribution >= 0.6 is 11.6 Å². The van der Waals surface area contributed by atoms with Crippen LogP contribution in [-0.4, -0.2) is 26.6 Å². The SMILES string of the molecule is CC[C@H](C)NC(=O)c1cc(Cl)ccc1NS(C)(=O)=O. The molecule has 0 aromatic heterocycles. The van der Waals surface area contributed by atoms with E-state index in [0.29, 0.717) is 5.02 Å². The molecule has 1 atom stereocenters. The summed E-state index contributed by atoms with van der Waals surface area (Å²) in [5.74, 6) is -0.358. The molecule has 0 spiro atoms. The highest BCUT2D eigenvalue weighted by Crippen LogP contribution is 2.21. The molecule has 1 rings (SSSR count). The van der Waals surface area contributed by atoms with Crippen molar-refractivity contribution in [1.29, 1.82) is 0 Å². The number of hydrogen-bond donors (Lipinski definition) is 2. The molecule has 0 aliphatic heterocycles. The molecule has 0 aliphatic carbocycles. The average molecular weight is 305 g/mol. The molecule has 0 fully saturated rings. The summed E-state index contributed by atoms with van der Waals surface area (Å²) in [6.45, 7) is 3.81. The molecular weight excluding hydrogens is 288 g/mol. The van der Waals surface area contributed by atoms with Gasteiger partial charge in [-0.15, -0.1) is 0 Å². The first kappa shape index (κ1) is 15.8. The van der Waals surface area contributed by atoms with Gasteiger partial charge >= 0.3 is 0 Å². The van der Waals surface area contributed by atoms with Crippen LogP contribution in [-0.2, 0) is 10.0 Å². The van der Waals surface area contributed by atoms with Crippen molar-refractivity contribution < 1.29 is 13.2 Å². The van der Waals surface area contributed by atoms with Gasteiger partial charge in [0.15, 0.2) is 0 Å². The Bertz CT molecular complexity index is 572. The fourth-order valence-electron chi connectivity index (χ4n) is 1.40. The first-order valence-corrected chi connectivity index (χ1v) is 8.08. The second-order valence-corrected chi connectivity index (χ2v) is 6.53. The third kappa shape index (κ3) is 5.08. The van der Waals surface area contributed by atoms with Crippen LogP contribution in [0.2, 0.25) is 5.02 Å². The van der Waals surface area contributed by atoms with Gasteiger partial charge in [-0.1, -0.05) is 18.5 Å². The summed E-state index contributed by atoms with van der Waals surface area (Å²) in [5, 5.41) is 3.14. The minimum Gasteiger partial charge on any atom is -0.350 e. The standard InChI is InChI=1S/C12H17ClN2O3S/c1-4-8(2)14-12(16)10-7-9(13)5-6-11(10)15-19(3,17)18/h5-8,15H,4H2,1-3H3,(H,14,16)/t8-/m0/s1. The minimum atomic E-state index is -3.45. The van der Waals surface area contributed by atoms with Crippen LogP contribution in [0.25, 0.3) is 0 Å². The minimum absolute atomic E-state index is 0.00225. The Kier molecular flexibility index (Phi) is 5.20. The van der Waals surface area contributed by atoms with Gasteiger partial charge in [-0.2, -0.15) is 0 Å². The fraction of sp³-hybridized carbons (Fsp3) is 0.417. The highest BCUT2D eigenvalue weighted by atomic mass is 35.5. The maximum Gasteiger partial charge on any atom is 0.253 e. The van der Waals surface area contributed by atoms with Gasteiger partial charge in [0.05, 0.1) is 17.5 Å². The molecule has 5 nitrogen and oxygen atoms in total. The largest absolute Gasteiger partial charge is 0.350 e. The van der Waals surface area contributed by atoms with E-state index in [-0.39, 0.29) is 23.2 Å². The molecule has 0 aliphatic rings. The van der Waals surface area contributed by atoms with E-state index in [4.69, 9.17) is 11.6 Å². The van der Waals surface area contributed by atoms with Crippen molar-refractivity contribution in [2.24, 2.45) is 0 Å². The number of benzene rings is 1. The van der Waals surface area contributed by atoms with Gasteiger partial charge in [0.25, 0.3) is 5.91 Å². The first-order valence-electron chi connectivity index (χ1n) is 5.81. The summed E-state index contributed by atoms with van der Waals surface area (Å²) in [6, 6.07) is 4.43. The summed E-state index contributed by atoms with van der Waals surface area (Å²) >= 11 is 5.85. The third-order valence-electron chi connectivity index (χ3n) is 2.51. The molecule has 106 valence electrons. The summed E-state index contributed by atoms with van der Waals surface area (Å²) < 4.78 is 24.8. The Morgan fingerprint density at radius 2 is 2.05 bits per heavy atom. The zero-order chi connectivity index (χ0) is 14.6. The third-order valence-corrected chi connectivity index (χ3v) is 3.34. The van der Waals surface area contributed by atoms with E-state index in [1.165, 1.54) is 18.2 Å². The molecular formula is C12H17ClN2O3S. The number of nitrogens with one attached hydrogen (secondary N) is 2. The molecule has 19 heavy (non-hydrogen) atoms. The van der Waals surface area contributed by atoms with Crippen molar-refractivity contribution in [2.75, 3.05) is 11.0 Å². The lowest BCUT2D eigenvalue weighted by atomic mass is 10.1. The number of carbonyl (C=O) groups is 1. The van der Waals surface area contributed by atoms with Gasteiger partial charge in [0, 0.05) is 11.1 Å². The van der Waals surface area contributed by atoms with E-state index in [0.717, 1.165) is 12.7 Å². The fourth-order valence-corrected chi connectivity index (χ4v) is 2.15. The average Bonchev–Trinajstić information content (AvgIpc) is 2.29. The van der Waals surface area contributed by atoms with Crippen LogP contribution in [0.1, 0.15) is 30.6 Å². The van der Waals surface area contributed by atoms with E-state index >= 15 is 0 Å². The summed E-state index contributed by atoms with van der Waals surface area (Å²) in [6.07, 6.45) is 1.80. The molecule has 1 amide bonds. The van der Waals surface area contributed by atoms with Gasteiger partial charge in [0.2, 0.25) is 10.0 Å². The van der Waals surface area contributed by atoms with Gasteiger partial charge in [-0.05, 0) is 31.5 Å². The summed E-state index contributed by atoms with van der Waals surface area (Å²) in [7, 11) is -3.45. The van der Waals surface area contributed by atoms with Crippen molar-refractivity contribution in [3.8, 4) is 0 Å². The first-order chi connectivity index (χ1) is 8.73. The topological polar surface area (TPSA) is 75.3 Å². The van der Waals surface area contributed by atoms with E-state index in [1.807, 2.05) is 13.8 Å². The lowest BCUT2D eigenvalue weighted by Gasteiger charge is -2.14. The molecule has 0 saturated carbocycles. The van der Waals surface area contributed by atoms with Crippen molar-refractivity contribution >= 4 is 33.2 Å². The van der Waals surface area contributed by atoms with E-state index < -0.39 is 10.0 Å². The van der Waals surface area contributed by atoms with Gasteiger partial charge in [0.1, 0.15) is 0 Å². The number of amides is 1. The van der Waals surface area contributed by atoms with Gasteiger partial charge < -0.3 is 5.32 Å². The molecule has 1 aromatic rings. The number of halogens is 1. The maximum atomic E-state index is 12.1. The van der Waals surface area contributed by atoms with Crippen LogP contribution in [0.3, 0.4) is 0 Å². The van der Waals surface area contributed by atoms with Crippen LogP contribution in [0.15, 0.2) is 18.2 Å². The number of sulfonamides is 1. The van der Waals surface area contributed by atoms with Crippen LogP contribution in [0.5, 0.6) is 0 Å². The zero-order valence-electron chi connectivity index (χ0n) is 11.0. The molecule has 0 radical (unpaired) electrons. The monoisotopic (exact) mass is 304 g/mol. The molecule has 2 N–H and O–H groups in total. The number of hydrogen-bond acceptors (Lipinski definition) is 3. The zero-order valence-corrected chi connectivity index (χ0v) is 12.6. The Hall–Kier alpha value is -1.27. The normalized spacial score (nSPS) is 12.8. The second-order valence-electron chi connectivity index (χ2n) is 4.35. The lowest BCUT2D eigenvalue weighted by molar-refractivity contribution is 0.0940. The van der Waals surface area contributed by atoms with Crippen molar-refractivity contribution in [3.05, 3.63) is 28.8 Å². The molecule has 1 aromatic carbocycles. The lowest BCUT2D eigenvalue weighted by Crippen LogP contribution is -2.32. The highest BCUT2D eigenvalue weighted by Gasteiger charge is 2.16. The molecule has 0 heterocycles. The predicted molar refractivity (Wildman–Crippen MR) is 77.1 cm³/mol. The van der Waals surface area contributed by atoms with Crippen LogP contribution < -0.4 is 10.0 Å². The van der Waals surface area contributed by atoms with Crippen molar-refractivity contribution in [2.45, 2.75) is 26.3 Å². The van der Waals surface area contributed by atoms with Crippen LogP contribution in [0, 0.1) is 0 Å². The highest BCUT2D eigenvalue weighted by molar-refractivity contribution is 7.92. The van der Waals surface area contributed by atoms with Gasteiger partial charge in [-0.25, -0.2) is 8.42 Å².